The number of para-hydroxylation sites is 1. The number of carbonyl (C=O) groups is 1. The first-order valence-electron chi connectivity index (χ1n) is 9.99. The zero-order valence-corrected chi connectivity index (χ0v) is 18.5. The lowest BCUT2D eigenvalue weighted by Gasteiger charge is -2.24. The van der Waals surface area contributed by atoms with Gasteiger partial charge in [0.05, 0.1) is 5.69 Å². The Balaban J connectivity index is 1.90. The molecular weight excluding hydrogens is 418 g/mol. The molecule has 1 heterocycles. The Morgan fingerprint density at radius 3 is 2.28 bits per heavy atom. The number of aryl methyl sites for hydroxylation is 2. The van der Waals surface area contributed by atoms with E-state index in [0.717, 1.165) is 22.5 Å². The van der Waals surface area contributed by atoms with E-state index in [1.54, 1.807) is 30.3 Å². The molecule has 3 aromatic carbocycles. The second kappa shape index (κ2) is 8.58. The summed E-state index contributed by atoms with van der Waals surface area (Å²) in [6.45, 7) is 3.87. The minimum Gasteiger partial charge on any atom is -0.508 e. The van der Waals surface area contributed by atoms with Crippen LogP contribution in [0.2, 0.25) is 0 Å². The number of nitrogens with two attached hydrogens (primary N) is 1. The lowest BCUT2D eigenvalue weighted by Crippen LogP contribution is -2.09. The van der Waals surface area contributed by atoms with Crippen LogP contribution in [0, 0.1) is 25.2 Å². The number of hydrogen-bond acceptors (Lipinski definition) is 6. The van der Waals surface area contributed by atoms with Gasteiger partial charge in [0.15, 0.2) is 0 Å². The normalized spacial score (nSPS) is 10.5. The molecule has 4 aromatic rings. The molecule has 0 aliphatic heterocycles. The molecular formula is C26H21N3O2S. The number of thiophene rings is 1. The van der Waals surface area contributed by atoms with Crippen molar-refractivity contribution in [2.45, 2.75) is 13.8 Å². The van der Waals surface area contributed by atoms with Crippen LogP contribution in [0.5, 0.6) is 5.75 Å². The van der Waals surface area contributed by atoms with Crippen LogP contribution in [0.15, 0.2) is 72.8 Å². The Bertz CT molecular complexity index is 1340. The van der Waals surface area contributed by atoms with Crippen molar-refractivity contribution in [2.75, 3.05) is 10.6 Å². The van der Waals surface area contributed by atoms with E-state index in [-0.39, 0.29) is 22.8 Å². The van der Waals surface area contributed by atoms with E-state index in [9.17, 15) is 15.2 Å². The Labute approximate surface area is 190 Å². The molecule has 0 bridgehead atoms. The number of carbonyl (C=O) groups excluding carboxylic acids is 1. The molecule has 32 heavy (non-hydrogen) atoms. The molecule has 3 N–H and O–H groups in total. The summed E-state index contributed by atoms with van der Waals surface area (Å²) < 4.78 is 0. The van der Waals surface area contributed by atoms with Gasteiger partial charge in [0.1, 0.15) is 27.3 Å². The molecule has 0 unspecified atom stereocenters. The van der Waals surface area contributed by atoms with Gasteiger partial charge in [0.25, 0.3) is 0 Å². The molecule has 0 fully saturated rings. The molecule has 0 atom stereocenters. The molecule has 0 aliphatic carbocycles. The Morgan fingerprint density at radius 1 is 1.00 bits per heavy atom. The Morgan fingerprint density at radius 2 is 1.66 bits per heavy atom. The zero-order valence-electron chi connectivity index (χ0n) is 17.7. The van der Waals surface area contributed by atoms with Crippen LogP contribution in [-0.4, -0.2) is 10.9 Å². The van der Waals surface area contributed by atoms with Crippen LogP contribution in [0.1, 0.15) is 31.9 Å². The summed E-state index contributed by atoms with van der Waals surface area (Å²) in [7, 11) is 0. The van der Waals surface area contributed by atoms with Gasteiger partial charge in [-0.1, -0.05) is 42.0 Å². The first-order valence-corrected chi connectivity index (χ1v) is 10.8. The van der Waals surface area contributed by atoms with E-state index in [4.69, 9.17) is 5.73 Å². The van der Waals surface area contributed by atoms with Crippen molar-refractivity contribution in [2.24, 2.45) is 0 Å². The zero-order chi connectivity index (χ0) is 22.8. The molecule has 6 heteroatoms. The number of nitrogens with zero attached hydrogens (tertiary/aromatic N) is 2. The third-order valence-electron chi connectivity index (χ3n) is 5.20. The number of phenolic OH excluding ortho intramolecular Hbond substituents is 1. The molecule has 0 amide bonds. The molecule has 0 spiro atoms. The fraction of sp³-hybridized carbons (Fsp3) is 0.0769. The van der Waals surface area contributed by atoms with Gasteiger partial charge in [-0.25, -0.2) is 0 Å². The summed E-state index contributed by atoms with van der Waals surface area (Å²) in [5, 5.41) is 20.2. The van der Waals surface area contributed by atoms with Gasteiger partial charge in [0, 0.05) is 16.9 Å². The monoisotopic (exact) mass is 439 g/mol. The number of benzene rings is 3. The lowest BCUT2D eigenvalue weighted by atomic mass is 10.0. The number of aromatic hydroxyl groups is 1. The Kier molecular flexibility index (Phi) is 5.67. The fourth-order valence-electron chi connectivity index (χ4n) is 3.62. The van der Waals surface area contributed by atoms with Gasteiger partial charge in [-0.15, -0.1) is 11.3 Å². The van der Waals surface area contributed by atoms with Crippen molar-refractivity contribution in [1.29, 1.82) is 5.26 Å². The Hall–Kier alpha value is -4.08. The first kappa shape index (κ1) is 21.2. The van der Waals surface area contributed by atoms with Crippen molar-refractivity contribution in [3.05, 3.63) is 99.9 Å². The van der Waals surface area contributed by atoms with Gasteiger partial charge < -0.3 is 15.7 Å². The topological polar surface area (TPSA) is 90.4 Å². The van der Waals surface area contributed by atoms with Crippen molar-refractivity contribution in [1.82, 2.24) is 0 Å². The fourth-order valence-corrected chi connectivity index (χ4v) is 4.79. The summed E-state index contributed by atoms with van der Waals surface area (Å²) in [6.07, 6.45) is 0. The number of ketones is 1. The standard InChI is InChI=1S/C26H21N3O2S/c1-16-8-13-21(17(2)14-16)24(31)25-23(28)22(15-27)26(32-25)29(18-6-4-3-5-7-18)19-9-11-20(30)12-10-19/h3-14,30H,28H2,1-2H3. The largest absolute Gasteiger partial charge is 0.508 e. The maximum absolute atomic E-state index is 13.4. The number of phenols is 1. The van der Waals surface area contributed by atoms with E-state index in [2.05, 4.69) is 6.07 Å². The highest BCUT2D eigenvalue weighted by Crippen LogP contribution is 2.45. The summed E-state index contributed by atoms with van der Waals surface area (Å²) in [6, 6.07) is 24.0. The second-order valence-corrected chi connectivity index (χ2v) is 8.47. The quantitative estimate of drug-likeness (QED) is 0.360. The van der Waals surface area contributed by atoms with Crippen LogP contribution in [-0.2, 0) is 0 Å². The number of anilines is 4. The van der Waals surface area contributed by atoms with Crippen molar-refractivity contribution in [3.63, 3.8) is 0 Å². The van der Waals surface area contributed by atoms with Gasteiger partial charge in [-0.05, 0) is 55.8 Å². The van der Waals surface area contributed by atoms with Crippen molar-refractivity contribution >= 4 is 39.2 Å². The number of hydrogen-bond donors (Lipinski definition) is 2. The molecule has 0 aliphatic rings. The predicted octanol–water partition coefficient (Wildman–Crippen LogP) is 6.23. The minimum absolute atomic E-state index is 0.138. The lowest BCUT2D eigenvalue weighted by molar-refractivity contribution is 0.104. The smallest absolute Gasteiger partial charge is 0.205 e. The number of nitrogen functional groups attached to an aromatic ring is 1. The van der Waals surface area contributed by atoms with Crippen LogP contribution < -0.4 is 10.6 Å². The number of nitriles is 1. The third-order valence-corrected chi connectivity index (χ3v) is 6.39. The minimum atomic E-state index is -0.202. The molecule has 1 aromatic heterocycles. The average Bonchev–Trinajstić information content (AvgIpc) is 3.11. The molecule has 4 rings (SSSR count). The molecule has 5 nitrogen and oxygen atoms in total. The van der Waals surface area contributed by atoms with Crippen molar-refractivity contribution < 1.29 is 9.90 Å². The third kappa shape index (κ3) is 3.82. The van der Waals surface area contributed by atoms with Gasteiger partial charge in [-0.3, -0.25) is 4.79 Å². The summed E-state index contributed by atoms with van der Waals surface area (Å²) in [5.74, 6) is -0.0647. The van der Waals surface area contributed by atoms with E-state index in [1.165, 1.54) is 11.3 Å². The molecule has 0 saturated carbocycles. The van der Waals surface area contributed by atoms with Gasteiger partial charge in [-0.2, -0.15) is 5.26 Å². The first-order chi connectivity index (χ1) is 15.4. The summed E-state index contributed by atoms with van der Waals surface area (Å²) in [4.78, 5) is 15.6. The number of rotatable bonds is 5. The highest BCUT2D eigenvalue weighted by Gasteiger charge is 2.27. The molecule has 158 valence electrons. The van der Waals surface area contributed by atoms with Crippen molar-refractivity contribution in [3.8, 4) is 11.8 Å². The average molecular weight is 440 g/mol. The summed E-state index contributed by atoms with van der Waals surface area (Å²) >= 11 is 1.19. The summed E-state index contributed by atoms with van der Waals surface area (Å²) in [5.41, 5.74) is 10.8. The van der Waals surface area contributed by atoms with Gasteiger partial charge >= 0.3 is 0 Å². The molecule has 0 radical (unpaired) electrons. The second-order valence-electron chi connectivity index (χ2n) is 7.47. The maximum atomic E-state index is 13.4. The van der Waals surface area contributed by atoms with E-state index in [0.29, 0.717) is 15.4 Å². The van der Waals surface area contributed by atoms with Crippen LogP contribution in [0.3, 0.4) is 0 Å². The maximum Gasteiger partial charge on any atom is 0.205 e. The van der Waals surface area contributed by atoms with Crippen LogP contribution in [0.25, 0.3) is 0 Å². The van der Waals surface area contributed by atoms with Crippen LogP contribution >= 0.6 is 11.3 Å². The molecule has 0 saturated heterocycles. The predicted molar refractivity (Wildman–Crippen MR) is 129 cm³/mol. The highest BCUT2D eigenvalue weighted by atomic mass is 32.1. The highest BCUT2D eigenvalue weighted by molar-refractivity contribution is 7.19. The van der Waals surface area contributed by atoms with E-state index < -0.39 is 0 Å². The van der Waals surface area contributed by atoms with E-state index >= 15 is 0 Å². The van der Waals surface area contributed by atoms with Gasteiger partial charge in [0.2, 0.25) is 5.78 Å². The van der Waals surface area contributed by atoms with E-state index in [1.807, 2.05) is 61.2 Å². The SMILES string of the molecule is Cc1ccc(C(=O)c2sc(N(c3ccccc3)c3ccc(O)cc3)c(C#N)c2N)c(C)c1. The van der Waals surface area contributed by atoms with Crippen LogP contribution in [0.4, 0.5) is 22.1 Å².